The van der Waals surface area contributed by atoms with E-state index < -0.39 is 5.60 Å². The Kier molecular flexibility index (Phi) is 3.02. The number of aliphatic hydroxyl groups is 1. The number of anilines is 1. The van der Waals surface area contributed by atoms with Crippen molar-refractivity contribution in [2.24, 2.45) is 0 Å². The monoisotopic (exact) mass is 235 g/mol. The number of pyridine rings is 1. The summed E-state index contributed by atoms with van der Waals surface area (Å²) in [4.78, 5) is 17.6. The normalized spacial score (nSPS) is 16.4. The molecule has 0 saturated heterocycles. The van der Waals surface area contributed by atoms with Gasteiger partial charge in [-0.05, 0) is 24.5 Å². The minimum atomic E-state index is -1.10. The Morgan fingerprint density at radius 3 is 2.71 bits per heavy atom. The molecule has 1 aliphatic rings. The van der Waals surface area contributed by atoms with Crippen LogP contribution in [0.25, 0.3) is 0 Å². The average molecular weight is 235 g/mol. The molecule has 1 aliphatic carbocycles. The van der Waals surface area contributed by atoms with E-state index in [-0.39, 0.29) is 5.91 Å². The first kappa shape index (κ1) is 11.9. The molecule has 1 heterocycles. The number of nitrogens with zero attached hydrogens (tertiary/aromatic N) is 2. The minimum Gasteiger partial charge on any atom is -0.380 e. The Balaban J connectivity index is 1.89. The lowest BCUT2D eigenvalue weighted by Crippen LogP contribution is -2.35. The summed E-state index contributed by atoms with van der Waals surface area (Å²) >= 11 is 0. The van der Waals surface area contributed by atoms with Gasteiger partial charge in [0.05, 0.1) is 0 Å². The van der Waals surface area contributed by atoms with E-state index in [2.05, 4.69) is 10.3 Å². The minimum absolute atomic E-state index is 0.283. The van der Waals surface area contributed by atoms with Crippen LogP contribution in [-0.4, -0.2) is 35.7 Å². The molecule has 1 saturated carbocycles. The van der Waals surface area contributed by atoms with Gasteiger partial charge in [-0.1, -0.05) is 6.07 Å². The maximum atomic E-state index is 11.5. The predicted molar refractivity (Wildman–Crippen MR) is 64.6 cm³/mol. The quantitative estimate of drug-likeness (QED) is 0.787. The van der Waals surface area contributed by atoms with Crippen LogP contribution in [-0.2, 0) is 11.3 Å². The molecule has 1 amide bonds. The maximum Gasteiger partial charge on any atom is 0.252 e. The van der Waals surface area contributed by atoms with E-state index in [1.165, 1.54) is 0 Å². The van der Waals surface area contributed by atoms with Gasteiger partial charge in [-0.15, -0.1) is 0 Å². The summed E-state index contributed by atoms with van der Waals surface area (Å²) in [5.41, 5.74) is -0.176. The van der Waals surface area contributed by atoms with Gasteiger partial charge >= 0.3 is 0 Å². The molecule has 0 atom stereocenters. The molecule has 0 aliphatic heterocycles. The van der Waals surface area contributed by atoms with Crippen molar-refractivity contribution < 1.29 is 9.90 Å². The lowest BCUT2D eigenvalue weighted by Gasteiger charge is -2.12. The summed E-state index contributed by atoms with van der Waals surface area (Å²) in [5.74, 6) is 0.593. The molecule has 0 radical (unpaired) electrons. The van der Waals surface area contributed by atoms with Crippen LogP contribution in [0.3, 0.4) is 0 Å². The average Bonchev–Trinajstić information content (AvgIpc) is 3.06. The second-order valence-corrected chi connectivity index (χ2v) is 4.63. The zero-order valence-corrected chi connectivity index (χ0v) is 10.1. The molecule has 92 valence electrons. The van der Waals surface area contributed by atoms with Gasteiger partial charge in [0.25, 0.3) is 5.91 Å². The zero-order chi connectivity index (χ0) is 12.5. The highest BCUT2D eigenvalue weighted by Crippen LogP contribution is 2.34. The van der Waals surface area contributed by atoms with Crippen LogP contribution < -0.4 is 10.2 Å². The molecule has 0 spiro atoms. The third-order valence-electron chi connectivity index (χ3n) is 2.87. The number of aromatic nitrogens is 1. The van der Waals surface area contributed by atoms with Gasteiger partial charge in [0.15, 0.2) is 0 Å². The van der Waals surface area contributed by atoms with E-state index in [1.807, 2.05) is 31.1 Å². The number of carbonyl (C=O) groups excluding carboxylic acids is 1. The van der Waals surface area contributed by atoms with Gasteiger partial charge in [0.2, 0.25) is 0 Å². The lowest BCUT2D eigenvalue weighted by atomic mass is 10.2. The number of nitrogens with one attached hydrogen (secondary N) is 1. The first-order valence-corrected chi connectivity index (χ1v) is 5.64. The highest BCUT2D eigenvalue weighted by Gasteiger charge is 2.47. The summed E-state index contributed by atoms with van der Waals surface area (Å²) in [6.07, 6.45) is 2.86. The van der Waals surface area contributed by atoms with E-state index >= 15 is 0 Å². The Morgan fingerprint density at radius 1 is 1.53 bits per heavy atom. The van der Waals surface area contributed by atoms with Gasteiger partial charge < -0.3 is 15.3 Å². The zero-order valence-electron chi connectivity index (χ0n) is 10.1. The van der Waals surface area contributed by atoms with Crippen LogP contribution in [0.1, 0.15) is 18.4 Å². The predicted octanol–water partition coefficient (Wildman–Crippen LogP) is 0.289. The molecule has 5 heteroatoms. The number of hydrogen-bond donors (Lipinski definition) is 2. The number of amides is 1. The van der Waals surface area contributed by atoms with E-state index in [4.69, 9.17) is 0 Å². The Bertz CT molecular complexity index is 410. The van der Waals surface area contributed by atoms with E-state index in [0.717, 1.165) is 11.4 Å². The van der Waals surface area contributed by atoms with E-state index in [0.29, 0.717) is 19.4 Å². The third-order valence-corrected chi connectivity index (χ3v) is 2.87. The van der Waals surface area contributed by atoms with Crippen molar-refractivity contribution in [1.29, 1.82) is 0 Å². The smallest absolute Gasteiger partial charge is 0.252 e. The van der Waals surface area contributed by atoms with Crippen LogP contribution in [0, 0.1) is 0 Å². The van der Waals surface area contributed by atoms with E-state index in [1.54, 1.807) is 6.20 Å². The van der Waals surface area contributed by atoms with Crippen molar-refractivity contribution in [3.05, 3.63) is 23.9 Å². The number of carbonyl (C=O) groups is 1. The third kappa shape index (κ3) is 2.74. The topological polar surface area (TPSA) is 65.5 Å². The van der Waals surface area contributed by atoms with Crippen molar-refractivity contribution in [3.8, 4) is 0 Å². The van der Waals surface area contributed by atoms with Gasteiger partial charge in [0.1, 0.15) is 11.4 Å². The van der Waals surface area contributed by atoms with Gasteiger partial charge in [-0.25, -0.2) is 4.98 Å². The van der Waals surface area contributed by atoms with Crippen LogP contribution in [0.2, 0.25) is 0 Å². The van der Waals surface area contributed by atoms with Crippen LogP contribution >= 0.6 is 0 Å². The summed E-state index contributed by atoms with van der Waals surface area (Å²) in [6.45, 7) is 0.405. The number of hydrogen-bond acceptors (Lipinski definition) is 4. The fraction of sp³-hybridized carbons (Fsp3) is 0.500. The number of rotatable bonds is 4. The second kappa shape index (κ2) is 4.33. The van der Waals surface area contributed by atoms with E-state index in [9.17, 15) is 9.90 Å². The van der Waals surface area contributed by atoms with Crippen LogP contribution in [0.15, 0.2) is 18.3 Å². The molecular formula is C12H17N3O2. The van der Waals surface area contributed by atoms with Gasteiger partial charge in [-0.2, -0.15) is 0 Å². The second-order valence-electron chi connectivity index (χ2n) is 4.63. The molecule has 0 unspecified atom stereocenters. The molecule has 5 nitrogen and oxygen atoms in total. The SMILES string of the molecule is CN(C)c1ccc(CNC(=O)C2(O)CC2)cn1. The Hall–Kier alpha value is -1.62. The molecule has 2 rings (SSSR count). The fourth-order valence-corrected chi connectivity index (χ4v) is 1.48. The van der Waals surface area contributed by atoms with Crippen LogP contribution in [0.5, 0.6) is 0 Å². The highest BCUT2D eigenvalue weighted by atomic mass is 16.3. The van der Waals surface area contributed by atoms with Crippen LogP contribution in [0.4, 0.5) is 5.82 Å². The summed E-state index contributed by atoms with van der Waals surface area (Å²) in [5, 5.41) is 12.3. The summed E-state index contributed by atoms with van der Waals surface area (Å²) < 4.78 is 0. The molecule has 1 aromatic rings. The first-order valence-electron chi connectivity index (χ1n) is 5.64. The fourth-order valence-electron chi connectivity index (χ4n) is 1.48. The van der Waals surface area contributed by atoms with Gasteiger partial charge in [-0.3, -0.25) is 4.79 Å². The molecular weight excluding hydrogens is 218 g/mol. The molecule has 1 fully saturated rings. The van der Waals surface area contributed by atoms with Crippen molar-refractivity contribution in [3.63, 3.8) is 0 Å². The lowest BCUT2D eigenvalue weighted by molar-refractivity contribution is -0.131. The van der Waals surface area contributed by atoms with Gasteiger partial charge in [0, 0.05) is 26.8 Å². The molecule has 0 bridgehead atoms. The summed E-state index contributed by atoms with van der Waals surface area (Å²) in [7, 11) is 3.85. The molecule has 17 heavy (non-hydrogen) atoms. The van der Waals surface area contributed by atoms with Crippen molar-refractivity contribution in [2.45, 2.75) is 25.0 Å². The molecule has 0 aromatic carbocycles. The van der Waals surface area contributed by atoms with Crippen molar-refractivity contribution in [2.75, 3.05) is 19.0 Å². The molecule has 2 N–H and O–H groups in total. The standard InChI is InChI=1S/C12H17N3O2/c1-15(2)10-4-3-9(7-13-10)8-14-11(16)12(17)5-6-12/h3-4,7,17H,5-6,8H2,1-2H3,(H,14,16). The largest absolute Gasteiger partial charge is 0.380 e. The van der Waals surface area contributed by atoms with Crippen molar-refractivity contribution >= 4 is 11.7 Å². The summed E-state index contributed by atoms with van der Waals surface area (Å²) in [6, 6.07) is 3.81. The molecule has 1 aromatic heterocycles. The van der Waals surface area contributed by atoms with Crippen molar-refractivity contribution in [1.82, 2.24) is 10.3 Å². The highest BCUT2D eigenvalue weighted by molar-refractivity contribution is 5.87. The Labute approximate surface area is 100 Å². The Morgan fingerprint density at radius 2 is 2.24 bits per heavy atom. The first-order chi connectivity index (χ1) is 8.01. The maximum absolute atomic E-state index is 11.5.